The van der Waals surface area contributed by atoms with Crippen molar-refractivity contribution in [2.24, 2.45) is 0 Å². The molecule has 2 amide bonds. The largest absolute Gasteiger partial charge is 0.494 e. The summed E-state index contributed by atoms with van der Waals surface area (Å²) in [5.74, 6) is 3.47. The van der Waals surface area contributed by atoms with Gasteiger partial charge in [-0.3, -0.25) is 4.79 Å². The van der Waals surface area contributed by atoms with Crippen molar-refractivity contribution >= 4 is 28.3 Å². The molecule has 1 atom stereocenters. The van der Waals surface area contributed by atoms with Gasteiger partial charge in [0.25, 0.3) is 0 Å². The number of para-hydroxylation sites is 1. The lowest BCUT2D eigenvalue weighted by molar-refractivity contribution is -0.116. The number of hydrogen-bond acceptors (Lipinski definition) is 5. The number of fused-ring (bicyclic) bond motifs is 1. The standard InChI is InChI=1S/C24H28N2O4S/c1-4-18-19-13-12-17(30-24(28)25-5-2)15-21(19)31-23(18)26-22(27)14-11-16-9-7-8-10-20(16)29-6-3/h1,7-10,17H,5-6,11-15H2,2-3H3,(H,25,28)(H,26,27). The number of ether oxygens (including phenoxy) is 2. The van der Waals surface area contributed by atoms with E-state index in [-0.39, 0.29) is 12.0 Å². The zero-order valence-electron chi connectivity index (χ0n) is 18.0. The molecule has 1 aliphatic carbocycles. The van der Waals surface area contributed by atoms with Crippen LogP contribution in [0.15, 0.2) is 24.3 Å². The molecule has 0 spiro atoms. The summed E-state index contributed by atoms with van der Waals surface area (Å²) in [7, 11) is 0. The molecule has 0 saturated carbocycles. The lowest BCUT2D eigenvalue weighted by atomic mass is 9.93. The summed E-state index contributed by atoms with van der Waals surface area (Å²) in [6, 6.07) is 7.76. The van der Waals surface area contributed by atoms with E-state index in [2.05, 4.69) is 16.6 Å². The molecule has 1 aromatic carbocycles. The fourth-order valence-electron chi connectivity index (χ4n) is 3.68. The normalized spacial score (nSPS) is 14.8. The molecule has 7 heteroatoms. The molecule has 3 rings (SSSR count). The molecule has 0 radical (unpaired) electrons. The number of benzene rings is 1. The summed E-state index contributed by atoms with van der Waals surface area (Å²) in [5, 5.41) is 6.35. The monoisotopic (exact) mass is 440 g/mol. The van der Waals surface area contributed by atoms with E-state index < -0.39 is 6.09 Å². The van der Waals surface area contributed by atoms with Crippen molar-refractivity contribution in [3.63, 3.8) is 0 Å². The number of carbonyl (C=O) groups excluding carboxylic acids is 2. The Kier molecular flexibility index (Phi) is 7.96. The van der Waals surface area contributed by atoms with E-state index in [1.165, 1.54) is 11.3 Å². The topological polar surface area (TPSA) is 76.7 Å². The highest BCUT2D eigenvalue weighted by atomic mass is 32.1. The second-order valence-corrected chi connectivity index (χ2v) is 8.35. The second-order valence-electron chi connectivity index (χ2n) is 7.24. The molecule has 31 heavy (non-hydrogen) atoms. The number of thiophene rings is 1. The van der Waals surface area contributed by atoms with Crippen molar-refractivity contribution in [2.45, 2.75) is 52.1 Å². The number of carbonyl (C=O) groups is 2. The number of amides is 2. The Morgan fingerprint density at radius 2 is 2.10 bits per heavy atom. The first-order valence-electron chi connectivity index (χ1n) is 10.6. The van der Waals surface area contributed by atoms with E-state index in [1.807, 2.05) is 38.1 Å². The highest BCUT2D eigenvalue weighted by molar-refractivity contribution is 7.16. The molecular weight excluding hydrogens is 412 g/mol. The van der Waals surface area contributed by atoms with Crippen molar-refractivity contribution in [1.29, 1.82) is 0 Å². The minimum atomic E-state index is -0.398. The Morgan fingerprint density at radius 1 is 1.29 bits per heavy atom. The van der Waals surface area contributed by atoms with Crippen LogP contribution in [0.1, 0.15) is 48.3 Å². The first-order chi connectivity index (χ1) is 15.0. The summed E-state index contributed by atoms with van der Waals surface area (Å²) in [5.41, 5.74) is 2.84. The molecule has 2 aromatic rings. The van der Waals surface area contributed by atoms with Crippen molar-refractivity contribution in [2.75, 3.05) is 18.5 Å². The second kappa shape index (κ2) is 10.9. The van der Waals surface area contributed by atoms with Gasteiger partial charge in [-0.05, 0) is 50.3 Å². The molecule has 0 saturated heterocycles. The van der Waals surface area contributed by atoms with Gasteiger partial charge in [-0.15, -0.1) is 17.8 Å². The number of nitrogens with one attached hydrogen (secondary N) is 2. The molecule has 164 valence electrons. The van der Waals surface area contributed by atoms with E-state index in [0.29, 0.717) is 37.4 Å². The zero-order valence-corrected chi connectivity index (χ0v) is 18.8. The molecule has 1 aliphatic rings. The third kappa shape index (κ3) is 5.80. The van der Waals surface area contributed by atoms with E-state index >= 15 is 0 Å². The Hall–Kier alpha value is -2.98. The lowest BCUT2D eigenvalue weighted by Gasteiger charge is -2.22. The maximum atomic E-state index is 12.6. The van der Waals surface area contributed by atoms with Gasteiger partial charge in [-0.1, -0.05) is 24.1 Å². The van der Waals surface area contributed by atoms with Crippen molar-refractivity contribution < 1.29 is 19.1 Å². The van der Waals surface area contributed by atoms with E-state index in [9.17, 15) is 9.59 Å². The zero-order chi connectivity index (χ0) is 22.2. The van der Waals surface area contributed by atoms with Crippen molar-refractivity contribution in [3.05, 3.63) is 45.8 Å². The summed E-state index contributed by atoms with van der Waals surface area (Å²) in [6.45, 7) is 4.90. The van der Waals surface area contributed by atoms with Crippen LogP contribution in [0.3, 0.4) is 0 Å². The van der Waals surface area contributed by atoms with Gasteiger partial charge in [0.05, 0.1) is 12.2 Å². The van der Waals surface area contributed by atoms with Gasteiger partial charge in [0.2, 0.25) is 5.91 Å². The van der Waals surface area contributed by atoms with Crippen LogP contribution in [-0.2, 0) is 28.8 Å². The molecule has 1 heterocycles. The summed E-state index contributed by atoms with van der Waals surface area (Å²) in [6.07, 6.45) is 8.17. The van der Waals surface area contributed by atoms with Gasteiger partial charge in [0.1, 0.15) is 16.9 Å². The Bertz CT molecular complexity index is 976. The number of anilines is 1. The first kappa shape index (κ1) is 22.7. The fourth-order valence-corrected chi connectivity index (χ4v) is 4.97. The summed E-state index contributed by atoms with van der Waals surface area (Å²) in [4.78, 5) is 25.4. The maximum absolute atomic E-state index is 12.6. The van der Waals surface area contributed by atoms with E-state index in [0.717, 1.165) is 40.2 Å². The maximum Gasteiger partial charge on any atom is 0.407 e. The number of terminal acetylenes is 1. The van der Waals surface area contributed by atoms with Crippen LogP contribution in [0.2, 0.25) is 0 Å². The molecule has 1 aromatic heterocycles. The molecular formula is C24H28N2O4S. The van der Waals surface area contributed by atoms with Crippen LogP contribution in [-0.4, -0.2) is 31.3 Å². The number of rotatable bonds is 8. The summed E-state index contributed by atoms with van der Waals surface area (Å²) < 4.78 is 11.1. The Labute approximate surface area is 187 Å². The van der Waals surface area contributed by atoms with Crippen LogP contribution >= 0.6 is 11.3 Å². The summed E-state index contributed by atoms with van der Waals surface area (Å²) >= 11 is 1.48. The van der Waals surface area contributed by atoms with Gasteiger partial charge >= 0.3 is 6.09 Å². The smallest absolute Gasteiger partial charge is 0.407 e. The number of hydrogen-bond donors (Lipinski definition) is 2. The highest BCUT2D eigenvalue weighted by Crippen LogP contribution is 2.38. The van der Waals surface area contributed by atoms with Crippen molar-refractivity contribution in [1.82, 2.24) is 5.32 Å². The third-order valence-electron chi connectivity index (χ3n) is 5.11. The first-order valence-corrected chi connectivity index (χ1v) is 11.4. The van der Waals surface area contributed by atoms with Crippen LogP contribution in [0.25, 0.3) is 0 Å². The fraction of sp³-hybridized carbons (Fsp3) is 0.417. The molecule has 2 N–H and O–H groups in total. The third-order valence-corrected chi connectivity index (χ3v) is 6.28. The predicted molar refractivity (Wildman–Crippen MR) is 123 cm³/mol. The molecule has 0 aliphatic heterocycles. The molecule has 0 bridgehead atoms. The van der Waals surface area contributed by atoms with Gasteiger partial charge < -0.3 is 20.1 Å². The van der Waals surface area contributed by atoms with Crippen LogP contribution in [0.4, 0.5) is 9.80 Å². The highest BCUT2D eigenvalue weighted by Gasteiger charge is 2.27. The quantitative estimate of drug-likeness (QED) is 0.600. The number of alkyl carbamates (subject to hydrolysis) is 1. The molecule has 0 fully saturated rings. The SMILES string of the molecule is C#Cc1c(NC(=O)CCc2ccccc2OCC)sc2c1CCC(OC(=O)NCC)C2. The lowest BCUT2D eigenvalue weighted by Crippen LogP contribution is -2.31. The number of aryl methyl sites for hydroxylation is 1. The molecule has 1 unspecified atom stereocenters. The van der Waals surface area contributed by atoms with E-state index in [4.69, 9.17) is 15.9 Å². The van der Waals surface area contributed by atoms with Gasteiger partial charge in [0, 0.05) is 24.3 Å². The minimum Gasteiger partial charge on any atom is -0.494 e. The minimum absolute atomic E-state index is 0.0866. The van der Waals surface area contributed by atoms with Gasteiger partial charge in [-0.25, -0.2) is 4.79 Å². The Morgan fingerprint density at radius 3 is 2.84 bits per heavy atom. The predicted octanol–water partition coefficient (Wildman–Crippen LogP) is 4.30. The van der Waals surface area contributed by atoms with Gasteiger partial charge in [0.15, 0.2) is 0 Å². The van der Waals surface area contributed by atoms with E-state index in [1.54, 1.807) is 0 Å². The van der Waals surface area contributed by atoms with Gasteiger partial charge in [-0.2, -0.15) is 0 Å². The Balaban J connectivity index is 1.64. The molecule has 6 nitrogen and oxygen atoms in total. The average molecular weight is 441 g/mol. The average Bonchev–Trinajstić information content (AvgIpc) is 3.09. The van der Waals surface area contributed by atoms with Crippen LogP contribution in [0, 0.1) is 12.3 Å². The van der Waals surface area contributed by atoms with Crippen LogP contribution < -0.4 is 15.4 Å². The van der Waals surface area contributed by atoms with Crippen LogP contribution in [0.5, 0.6) is 5.75 Å². The van der Waals surface area contributed by atoms with Crippen molar-refractivity contribution in [3.8, 4) is 18.1 Å².